The lowest BCUT2D eigenvalue weighted by Crippen LogP contribution is -2.37. The van der Waals surface area contributed by atoms with Crippen molar-refractivity contribution in [1.29, 1.82) is 0 Å². The second-order valence-electron chi connectivity index (χ2n) is 5.28. The molecule has 2 rings (SSSR count). The summed E-state index contributed by atoms with van der Waals surface area (Å²) < 4.78 is 5.31. The molecule has 0 aromatic heterocycles. The minimum Gasteiger partial charge on any atom is -0.377 e. The van der Waals surface area contributed by atoms with Gasteiger partial charge in [-0.3, -0.25) is 4.99 Å². The number of nitrogens with one attached hydrogen (secondary N) is 2. The molecule has 0 fully saturated rings. The molecule has 1 aliphatic rings. The van der Waals surface area contributed by atoms with Crippen molar-refractivity contribution in [3.05, 3.63) is 47.0 Å². The van der Waals surface area contributed by atoms with Gasteiger partial charge in [0.1, 0.15) is 0 Å². The molecule has 4 heteroatoms. The highest BCUT2D eigenvalue weighted by atomic mass is 16.5. The van der Waals surface area contributed by atoms with Crippen LogP contribution in [-0.2, 0) is 11.3 Å². The summed E-state index contributed by atoms with van der Waals surface area (Å²) in [5.41, 5.74) is 4.02. The van der Waals surface area contributed by atoms with E-state index >= 15 is 0 Å². The lowest BCUT2D eigenvalue weighted by Gasteiger charge is -2.15. The first kappa shape index (κ1) is 15.6. The van der Waals surface area contributed by atoms with Crippen LogP contribution in [-0.4, -0.2) is 32.8 Å². The van der Waals surface area contributed by atoms with E-state index in [2.05, 4.69) is 52.9 Å². The largest absolute Gasteiger partial charge is 0.377 e. The molecule has 0 radical (unpaired) electrons. The Hall–Kier alpha value is -1.81. The molecular formula is C17H25N3O. The van der Waals surface area contributed by atoms with Gasteiger partial charge in [-0.05, 0) is 25.3 Å². The van der Waals surface area contributed by atoms with Crippen LogP contribution in [0, 0.1) is 6.92 Å². The van der Waals surface area contributed by atoms with Crippen LogP contribution < -0.4 is 10.6 Å². The van der Waals surface area contributed by atoms with Crippen LogP contribution in [0.5, 0.6) is 0 Å². The van der Waals surface area contributed by atoms with Crippen molar-refractivity contribution in [2.45, 2.75) is 26.3 Å². The zero-order chi connectivity index (χ0) is 14.9. The number of ether oxygens (including phenoxy) is 1. The van der Waals surface area contributed by atoms with Crippen molar-refractivity contribution >= 4 is 5.96 Å². The first-order chi connectivity index (χ1) is 10.3. The third kappa shape index (κ3) is 5.60. The van der Waals surface area contributed by atoms with Crippen LogP contribution in [0.2, 0.25) is 0 Å². The standard InChI is InChI=1S/C17H25N3O/c1-14-4-3-5-16(12-14)13-20-17(18-2)19-9-6-15-7-10-21-11-8-15/h3-5,7,12H,6,8-11,13H2,1-2H3,(H2,18,19,20). The fraction of sp³-hybridized carbons (Fsp3) is 0.471. The molecule has 1 aliphatic heterocycles. The average Bonchev–Trinajstić information content (AvgIpc) is 2.52. The lowest BCUT2D eigenvalue weighted by atomic mass is 10.1. The van der Waals surface area contributed by atoms with E-state index in [1.807, 2.05) is 0 Å². The summed E-state index contributed by atoms with van der Waals surface area (Å²) in [5.74, 6) is 0.851. The molecule has 114 valence electrons. The normalized spacial score (nSPS) is 15.5. The maximum atomic E-state index is 5.31. The van der Waals surface area contributed by atoms with Gasteiger partial charge in [0.15, 0.2) is 5.96 Å². The van der Waals surface area contributed by atoms with Crippen molar-refractivity contribution in [1.82, 2.24) is 10.6 Å². The predicted molar refractivity (Wildman–Crippen MR) is 87.5 cm³/mol. The minimum atomic E-state index is 0.760. The van der Waals surface area contributed by atoms with Crippen molar-refractivity contribution < 1.29 is 4.74 Å². The monoisotopic (exact) mass is 287 g/mol. The molecule has 1 aromatic carbocycles. The van der Waals surface area contributed by atoms with Gasteiger partial charge in [0, 0.05) is 20.1 Å². The third-order valence-corrected chi connectivity index (χ3v) is 3.56. The Labute approximate surface area is 127 Å². The molecule has 2 N–H and O–H groups in total. The zero-order valence-corrected chi connectivity index (χ0v) is 13.0. The van der Waals surface area contributed by atoms with Gasteiger partial charge in [-0.25, -0.2) is 0 Å². The number of hydrogen-bond donors (Lipinski definition) is 2. The summed E-state index contributed by atoms with van der Waals surface area (Å²) in [5, 5.41) is 6.70. The highest BCUT2D eigenvalue weighted by molar-refractivity contribution is 5.79. The van der Waals surface area contributed by atoms with Crippen molar-refractivity contribution in [3.63, 3.8) is 0 Å². The molecule has 0 bridgehead atoms. The molecule has 0 saturated carbocycles. The Balaban J connectivity index is 1.72. The van der Waals surface area contributed by atoms with Crippen LogP contribution in [0.25, 0.3) is 0 Å². The molecule has 0 spiro atoms. The minimum absolute atomic E-state index is 0.760. The molecule has 0 unspecified atom stereocenters. The second kappa shape index (κ2) is 8.47. The highest BCUT2D eigenvalue weighted by Crippen LogP contribution is 2.10. The maximum absolute atomic E-state index is 5.31. The Kier molecular flexibility index (Phi) is 6.28. The number of hydrogen-bond acceptors (Lipinski definition) is 2. The Morgan fingerprint density at radius 3 is 2.95 bits per heavy atom. The van der Waals surface area contributed by atoms with E-state index in [0.717, 1.165) is 45.1 Å². The van der Waals surface area contributed by atoms with Gasteiger partial charge in [0.05, 0.1) is 13.2 Å². The number of aliphatic imine (C=N–C) groups is 1. The smallest absolute Gasteiger partial charge is 0.191 e. The molecule has 0 aliphatic carbocycles. The van der Waals surface area contributed by atoms with Gasteiger partial charge in [0.2, 0.25) is 0 Å². The Bertz CT molecular complexity index is 509. The van der Waals surface area contributed by atoms with Crippen LogP contribution in [0.15, 0.2) is 40.9 Å². The topological polar surface area (TPSA) is 45.7 Å². The van der Waals surface area contributed by atoms with E-state index in [-0.39, 0.29) is 0 Å². The van der Waals surface area contributed by atoms with Gasteiger partial charge in [0.25, 0.3) is 0 Å². The summed E-state index contributed by atoms with van der Waals surface area (Å²) in [6.45, 7) is 5.41. The molecule has 4 nitrogen and oxygen atoms in total. The quantitative estimate of drug-likeness (QED) is 0.496. The summed E-state index contributed by atoms with van der Waals surface area (Å²) in [6, 6.07) is 8.51. The molecule has 0 saturated heterocycles. The van der Waals surface area contributed by atoms with Gasteiger partial charge in [-0.2, -0.15) is 0 Å². The van der Waals surface area contributed by atoms with Crippen LogP contribution in [0.4, 0.5) is 0 Å². The molecule has 1 heterocycles. The van der Waals surface area contributed by atoms with Crippen LogP contribution in [0.3, 0.4) is 0 Å². The number of benzene rings is 1. The van der Waals surface area contributed by atoms with Crippen LogP contribution >= 0.6 is 0 Å². The van der Waals surface area contributed by atoms with Gasteiger partial charge >= 0.3 is 0 Å². The van der Waals surface area contributed by atoms with E-state index < -0.39 is 0 Å². The summed E-state index contributed by atoms with van der Waals surface area (Å²) in [4.78, 5) is 4.26. The first-order valence-corrected chi connectivity index (χ1v) is 7.53. The Morgan fingerprint density at radius 1 is 1.33 bits per heavy atom. The van der Waals surface area contributed by atoms with Crippen molar-refractivity contribution in [2.24, 2.45) is 4.99 Å². The van der Waals surface area contributed by atoms with E-state index in [1.54, 1.807) is 7.05 Å². The summed E-state index contributed by atoms with van der Waals surface area (Å²) >= 11 is 0. The predicted octanol–water partition coefficient (Wildman–Crippen LogP) is 2.40. The number of nitrogens with zero attached hydrogens (tertiary/aromatic N) is 1. The molecular weight excluding hydrogens is 262 g/mol. The highest BCUT2D eigenvalue weighted by Gasteiger charge is 2.04. The third-order valence-electron chi connectivity index (χ3n) is 3.56. The number of aryl methyl sites for hydroxylation is 1. The lowest BCUT2D eigenvalue weighted by molar-refractivity contribution is 0.153. The number of rotatable bonds is 5. The fourth-order valence-corrected chi connectivity index (χ4v) is 2.36. The van der Waals surface area contributed by atoms with Gasteiger partial charge in [-0.15, -0.1) is 0 Å². The summed E-state index contributed by atoms with van der Waals surface area (Å²) in [6.07, 6.45) is 4.29. The van der Waals surface area contributed by atoms with Gasteiger partial charge in [-0.1, -0.05) is 41.5 Å². The zero-order valence-electron chi connectivity index (χ0n) is 13.0. The number of guanidine groups is 1. The van der Waals surface area contributed by atoms with E-state index in [1.165, 1.54) is 16.7 Å². The molecule has 1 aromatic rings. The first-order valence-electron chi connectivity index (χ1n) is 7.53. The van der Waals surface area contributed by atoms with Crippen LogP contribution in [0.1, 0.15) is 24.0 Å². The van der Waals surface area contributed by atoms with E-state index in [9.17, 15) is 0 Å². The maximum Gasteiger partial charge on any atom is 0.191 e. The SMILES string of the molecule is CN=C(NCCC1=CCOCC1)NCc1cccc(C)c1. The van der Waals surface area contributed by atoms with E-state index in [4.69, 9.17) is 4.74 Å². The van der Waals surface area contributed by atoms with Gasteiger partial charge < -0.3 is 15.4 Å². The molecule has 21 heavy (non-hydrogen) atoms. The van der Waals surface area contributed by atoms with Crippen molar-refractivity contribution in [3.8, 4) is 0 Å². The summed E-state index contributed by atoms with van der Waals surface area (Å²) in [7, 11) is 1.80. The molecule has 0 atom stereocenters. The Morgan fingerprint density at radius 2 is 2.24 bits per heavy atom. The van der Waals surface area contributed by atoms with E-state index in [0.29, 0.717) is 0 Å². The second-order valence-corrected chi connectivity index (χ2v) is 5.28. The average molecular weight is 287 g/mol. The fourth-order valence-electron chi connectivity index (χ4n) is 2.36. The molecule has 0 amide bonds. The van der Waals surface area contributed by atoms with Crippen molar-refractivity contribution in [2.75, 3.05) is 26.8 Å².